The number of carbonyl (C=O) groups is 1. The van der Waals surface area contributed by atoms with E-state index in [-0.39, 0.29) is 12.1 Å². The van der Waals surface area contributed by atoms with Gasteiger partial charge in [-0.25, -0.2) is 4.79 Å². The SMILES string of the molecule is CCCCCCCCCCCCOC(C)c1ccc(C(=O)Oc2ccc(-c3ccc(OCCCCCC)cc3)cc2)cc1. The van der Waals surface area contributed by atoms with E-state index < -0.39 is 0 Å². The zero-order valence-electron chi connectivity index (χ0n) is 27.0. The van der Waals surface area contributed by atoms with Gasteiger partial charge >= 0.3 is 5.97 Å². The van der Waals surface area contributed by atoms with E-state index in [1.165, 1.54) is 77.0 Å². The summed E-state index contributed by atoms with van der Waals surface area (Å²) in [5.74, 6) is 1.06. The lowest BCUT2D eigenvalue weighted by Crippen LogP contribution is -2.09. The topological polar surface area (TPSA) is 44.8 Å². The zero-order valence-corrected chi connectivity index (χ0v) is 27.0. The Morgan fingerprint density at radius 1 is 0.558 bits per heavy atom. The Bertz CT molecular complexity index is 1140. The fraction of sp³-hybridized carbons (Fsp3) is 0.513. The highest BCUT2D eigenvalue weighted by Gasteiger charge is 2.11. The molecule has 3 aromatic carbocycles. The third-order valence-corrected chi connectivity index (χ3v) is 8.00. The first kappa shape index (κ1) is 34.4. The summed E-state index contributed by atoms with van der Waals surface area (Å²) in [6.45, 7) is 8.08. The van der Waals surface area contributed by atoms with Crippen LogP contribution in [0.3, 0.4) is 0 Å². The van der Waals surface area contributed by atoms with E-state index >= 15 is 0 Å². The third kappa shape index (κ3) is 13.4. The smallest absolute Gasteiger partial charge is 0.343 e. The van der Waals surface area contributed by atoms with Crippen LogP contribution in [-0.4, -0.2) is 19.2 Å². The Hall–Kier alpha value is -3.11. The van der Waals surface area contributed by atoms with Gasteiger partial charge in [-0.2, -0.15) is 0 Å². The van der Waals surface area contributed by atoms with Crippen molar-refractivity contribution in [3.05, 3.63) is 83.9 Å². The minimum absolute atomic E-state index is 0.00241. The molecule has 0 spiro atoms. The van der Waals surface area contributed by atoms with Crippen LogP contribution in [0, 0.1) is 0 Å². The number of esters is 1. The molecule has 0 fully saturated rings. The fourth-order valence-electron chi connectivity index (χ4n) is 5.18. The average Bonchev–Trinajstić information content (AvgIpc) is 3.04. The van der Waals surface area contributed by atoms with E-state index in [0.717, 1.165) is 48.5 Å². The molecule has 3 aromatic rings. The molecule has 0 bridgehead atoms. The summed E-state index contributed by atoms with van der Waals surface area (Å²) in [5, 5.41) is 0. The van der Waals surface area contributed by atoms with Crippen molar-refractivity contribution >= 4 is 5.97 Å². The van der Waals surface area contributed by atoms with Crippen LogP contribution < -0.4 is 9.47 Å². The average molecular weight is 587 g/mol. The Morgan fingerprint density at radius 3 is 1.58 bits per heavy atom. The van der Waals surface area contributed by atoms with Gasteiger partial charge < -0.3 is 14.2 Å². The number of benzene rings is 3. The summed E-state index contributed by atoms with van der Waals surface area (Å²) in [6.07, 6.45) is 18.0. The van der Waals surface area contributed by atoms with Gasteiger partial charge in [-0.3, -0.25) is 0 Å². The molecule has 0 aliphatic heterocycles. The van der Waals surface area contributed by atoms with Crippen molar-refractivity contribution in [1.82, 2.24) is 0 Å². The Morgan fingerprint density at radius 2 is 1.02 bits per heavy atom. The first-order valence-electron chi connectivity index (χ1n) is 16.9. The normalized spacial score (nSPS) is 11.8. The lowest BCUT2D eigenvalue weighted by atomic mass is 10.1. The van der Waals surface area contributed by atoms with Crippen LogP contribution in [0.4, 0.5) is 0 Å². The molecule has 0 amide bonds. The first-order chi connectivity index (χ1) is 21.1. The number of carbonyl (C=O) groups excluding carboxylic acids is 1. The summed E-state index contributed by atoms with van der Waals surface area (Å²) in [5.41, 5.74) is 3.75. The van der Waals surface area contributed by atoms with E-state index in [1.807, 2.05) is 60.7 Å². The van der Waals surface area contributed by atoms with Crippen LogP contribution in [0.2, 0.25) is 0 Å². The van der Waals surface area contributed by atoms with Crippen LogP contribution in [0.25, 0.3) is 11.1 Å². The van der Waals surface area contributed by atoms with Crippen LogP contribution in [0.15, 0.2) is 72.8 Å². The summed E-state index contributed by atoms with van der Waals surface area (Å²) in [7, 11) is 0. The van der Waals surface area contributed by atoms with Gasteiger partial charge in [-0.05, 0) is 72.9 Å². The number of hydrogen-bond donors (Lipinski definition) is 0. The molecule has 234 valence electrons. The lowest BCUT2D eigenvalue weighted by Gasteiger charge is -2.14. The van der Waals surface area contributed by atoms with Crippen molar-refractivity contribution < 1.29 is 19.0 Å². The minimum atomic E-state index is -0.362. The maximum absolute atomic E-state index is 12.7. The second kappa shape index (κ2) is 20.7. The number of unbranched alkanes of at least 4 members (excludes halogenated alkanes) is 12. The molecule has 1 unspecified atom stereocenters. The van der Waals surface area contributed by atoms with E-state index in [4.69, 9.17) is 14.2 Å². The Balaban J connectivity index is 1.35. The van der Waals surface area contributed by atoms with E-state index in [0.29, 0.717) is 11.3 Å². The number of hydrogen-bond acceptors (Lipinski definition) is 4. The summed E-state index contributed by atoms with van der Waals surface area (Å²) in [4.78, 5) is 12.7. The van der Waals surface area contributed by atoms with Gasteiger partial charge in [0.2, 0.25) is 0 Å². The van der Waals surface area contributed by atoms with Crippen molar-refractivity contribution in [2.75, 3.05) is 13.2 Å². The van der Waals surface area contributed by atoms with E-state index in [2.05, 4.69) is 32.9 Å². The molecule has 4 heteroatoms. The highest BCUT2D eigenvalue weighted by Crippen LogP contribution is 2.26. The number of ether oxygens (including phenoxy) is 3. The number of rotatable bonds is 22. The second-order valence-corrected chi connectivity index (χ2v) is 11.7. The van der Waals surface area contributed by atoms with Gasteiger partial charge in [0.25, 0.3) is 0 Å². The molecule has 0 aromatic heterocycles. The second-order valence-electron chi connectivity index (χ2n) is 11.7. The summed E-state index contributed by atoms with van der Waals surface area (Å²) in [6, 6.07) is 23.3. The largest absolute Gasteiger partial charge is 0.494 e. The van der Waals surface area contributed by atoms with Crippen molar-refractivity contribution in [3.63, 3.8) is 0 Å². The van der Waals surface area contributed by atoms with Crippen molar-refractivity contribution in [3.8, 4) is 22.6 Å². The van der Waals surface area contributed by atoms with Gasteiger partial charge in [0.05, 0.1) is 18.3 Å². The molecule has 0 saturated carbocycles. The molecule has 3 rings (SSSR count). The molecule has 0 radical (unpaired) electrons. The van der Waals surface area contributed by atoms with Gasteiger partial charge in [0.15, 0.2) is 0 Å². The van der Waals surface area contributed by atoms with Crippen molar-refractivity contribution in [2.45, 2.75) is 117 Å². The predicted octanol–water partition coefficient (Wildman–Crippen LogP) is 11.5. The van der Waals surface area contributed by atoms with Crippen LogP contribution in [0.1, 0.15) is 133 Å². The molecule has 0 N–H and O–H groups in total. The quantitative estimate of drug-likeness (QED) is 0.0667. The Kier molecular flexibility index (Phi) is 16.6. The monoisotopic (exact) mass is 586 g/mol. The zero-order chi connectivity index (χ0) is 30.5. The molecule has 4 nitrogen and oxygen atoms in total. The van der Waals surface area contributed by atoms with E-state index in [1.54, 1.807) is 0 Å². The fourth-order valence-corrected chi connectivity index (χ4v) is 5.18. The molecule has 0 heterocycles. The van der Waals surface area contributed by atoms with E-state index in [9.17, 15) is 4.79 Å². The molecule has 0 aliphatic rings. The van der Waals surface area contributed by atoms with Crippen LogP contribution in [0.5, 0.6) is 11.5 Å². The maximum Gasteiger partial charge on any atom is 0.343 e. The molecule has 0 saturated heterocycles. The van der Waals surface area contributed by atoms with Gasteiger partial charge in [-0.15, -0.1) is 0 Å². The van der Waals surface area contributed by atoms with Crippen LogP contribution in [-0.2, 0) is 4.74 Å². The highest BCUT2D eigenvalue weighted by atomic mass is 16.5. The lowest BCUT2D eigenvalue weighted by molar-refractivity contribution is 0.0626. The molecular formula is C39H54O4. The molecule has 0 aliphatic carbocycles. The van der Waals surface area contributed by atoms with Gasteiger partial charge in [0.1, 0.15) is 11.5 Å². The predicted molar refractivity (Wildman–Crippen MR) is 179 cm³/mol. The van der Waals surface area contributed by atoms with Gasteiger partial charge in [0, 0.05) is 6.61 Å². The molecule has 1 atom stereocenters. The van der Waals surface area contributed by atoms with Crippen molar-refractivity contribution in [1.29, 1.82) is 0 Å². The first-order valence-corrected chi connectivity index (χ1v) is 16.9. The summed E-state index contributed by atoms with van der Waals surface area (Å²) < 4.78 is 17.5. The molecule has 43 heavy (non-hydrogen) atoms. The summed E-state index contributed by atoms with van der Waals surface area (Å²) >= 11 is 0. The van der Waals surface area contributed by atoms with Gasteiger partial charge in [-0.1, -0.05) is 127 Å². The third-order valence-electron chi connectivity index (χ3n) is 8.00. The molecular weight excluding hydrogens is 532 g/mol. The maximum atomic E-state index is 12.7. The minimum Gasteiger partial charge on any atom is -0.494 e. The standard InChI is InChI=1S/C39H54O4/c1-4-6-8-10-11-12-13-14-15-17-30-41-32(3)33-18-20-36(21-19-33)39(40)43-38-28-24-35(25-29-38)34-22-26-37(27-23-34)42-31-16-9-7-5-2/h18-29,32H,4-17,30-31H2,1-3H3. The van der Waals surface area contributed by atoms with Crippen molar-refractivity contribution in [2.24, 2.45) is 0 Å². The highest BCUT2D eigenvalue weighted by molar-refractivity contribution is 5.91. The van der Waals surface area contributed by atoms with Crippen LogP contribution >= 0.6 is 0 Å². The Labute approximate surface area is 261 Å².